The molecule has 118 valence electrons. The van der Waals surface area contributed by atoms with Crippen molar-refractivity contribution in [3.05, 3.63) is 0 Å². The Labute approximate surface area is 123 Å². The van der Waals surface area contributed by atoms with E-state index in [-0.39, 0.29) is 0 Å². The molecule has 0 atom stereocenters. The second-order valence-corrected chi connectivity index (χ2v) is 4.53. The lowest BCUT2D eigenvalue weighted by Gasteiger charge is -2.18. The van der Waals surface area contributed by atoms with Crippen LogP contribution in [0.5, 0.6) is 0 Å². The van der Waals surface area contributed by atoms with Crippen molar-refractivity contribution in [3.63, 3.8) is 0 Å². The van der Waals surface area contributed by atoms with Gasteiger partial charge in [0.25, 0.3) is 0 Å². The van der Waals surface area contributed by atoms with Crippen molar-refractivity contribution in [2.45, 2.75) is 33.1 Å². The Morgan fingerprint density at radius 2 is 1.45 bits per heavy atom. The summed E-state index contributed by atoms with van der Waals surface area (Å²) in [5, 5.41) is 8.54. The van der Waals surface area contributed by atoms with Gasteiger partial charge in [0.05, 0.1) is 39.1 Å². The molecule has 0 aliphatic rings. The molecular weight excluding hydrogens is 256 g/mol. The smallest absolute Gasteiger partial charge is 0.0701 e. The van der Waals surface area contributed by atoms with E-state index < -0.39 is 0 Å². The molecule has 0 rings (SSSR count). The van der Waals surface area contributed by atoms with Gasteiger partial charge < -0.3 is 19.1 Å². The van der Waals surface area contributed by atoms with E-state index >= 15 is 0 Å². The highest BCUT2D eigenvalue weighted by atomic mass is 16.5. The molecule has 5 heteroatoms. The summed E-state index contributed by atoms with van der Waals surface area (Å²) in [5.74, 6) is 0. The Balaban J connectivity index is 3.17. The van der Waals surface area contributed by atoms with Crippen LogP contribution >= 0.6 is 0 Å². The van der Waals surface area contributed by atoms with Crippen molar-refractivity contribution in [2.24, 2.45) is 0 Å². The van der Waals surface area contributed by atoms with Crippen LogP contribution in [-0.2, 0) is 14.2 Å². The third kappa shape index (κ3) is 13.8. The molecule has 0 fully saturated rings. The molecule has 0 aromatic carbocycles. The van der Waals surface area contributed by atoms with Gasteiger partial charge in [0.15, 0.2) is 0 Å². The Hall–Kier alpha value is -0.670. The number of hydrogen-bond acceptors (Lipinski definition) is 5. The minimum atomic E-state index is 0.578. The topological polar surface area (TPSA) is 54.7 Å². The summed E-state index contributed by atoms with van der Waals surface area (Å²) < 4.78 is 16.3. The molecular formula is C15H30N2O3. The average Bonchev–Trinajstić information content (AvgIpc) is 2.48. The number of unbranched alkanes of at least 4 members (excludes halogenated alkanes) is 1. The number of rotatable bonds is 15. The number of nitriles is 1. The standard InChI is InChI=1S/C15H30N2O3/c1-3-5-10-18-12-14-20-15-13-19-11-9-17(4-2)8-6-7-16/h3-6,8-15H2,1-2H3. The monoisotopic (exact) mass is 286 g/mol. The normalized spacial score (nSPS) is 10.9. The lowest BCUT2D eigenvalue weighted by molar-refractivity contribution is 0.0104. The molecule has 0 bridgehead atoms. The molecule has 0 aromatic heterocycles. The maximum Gasteiger partial charge on any atom is 0.0701 e. The predicted molar refractivity (Wildman–Crippen MR) is 79.7 cm³/mol. The zero-order valence-electron chi connectivity index (χ0n) is 13.1. The van der Waals surface area contributed by atoms with Crippen LogP contribution in [0.15, 0.2) is 0 Å². The van der Waals surface area contributed by atoms with Crippen molar-refractivity contribution in [1.29, 1.82) is 5.26 Å². The predicted octanol–water partition coefficient (Wildman–Crippen LogP) is 2.07. The van der Waals surface area contributed by atoms with E-state index in [0.717, 1.165) is 39.1 Å². The fraction of sp³-hybridized carbons (Fsp3) is 0.933. The first-order valence-corrected chi connectivity index (χ1v) is 7.67. The Morgan fingerprint density at radius 3 is 2.00 bits per heavy atom. The van der Waals surface area contributed by atoms with Crippen LogP contribution in [0.25, 0.3) is 0 Å². The van der Waals surface area contributed by atoms with Crippen LogP contribution in [0.2, 0.25) is 0 Å². The number of ether oxygens (including phenoxy) is 3. The van der Waals surface area contributed by atoms with Crippen LogP contribution in [0.4, 0.5) is 0 Å². The van der Waals surface area contributed by atoms with Gasteiger partial charge in [0.2, 0.25) is 0 Å². The summed E-state index contributed by atoms with van der Waals surface area (Å²) in [5.41, 5.74) is 0. The highest BCUT2D eigenvalue weighted by Crippen LogP contribution is 1.91. The molecule has 0 saturated heterocycles. The molecule has 0 N–H and O–H groups in total. The SMILES string of the molecule is CCCCOCCOCCOCCN(CC)CCC#N. The number of likely N-dealkylation sites (N-methyl/N-ethyl adjacent to an activating group) is 1. The molecule has 0 heterocycles. The minimum Gasteiger partial charge on any atom is -0.379 e. The summed E-state index contributed by atoms with van der Waals surface area (Å²) in [6.07, 6.45) is 2.86. The van der Waals surface area contributed by atoms with E-state index in [4.69, 9.17) is 19.5 Å². The summed E-state index contributed by atoms with van der Waals surface area (Å²) in [6.45, 7) is 10.9. The van der Waals surface area contributed by atoms with Gasteiger partial charge in [0.1, 0.15) is 0 Å². The number of hydrogen-bond donors (Lipinski definition) is 0. The zero-order valence-corrected chi connectivity index (χ0v) is 13.1. The van der Waals surface area contributed by atoms with Crippen molar-refractivity contribution < 1.29 is 14.2 Å². The maximum atomic E-state index is 8.54. The fourth-order valence-electron chi connectivity index (χ4n) is 1.62. The van der Waals surface area contributed by atoms with Gasteiger partial charge in [-0.15, -0.1) is 0 Å². The summed E-state index contributed by atoms with van der Waals surface area (Å²) in [7, 11) is 0. The summed E-state index contributed by atoms with van der Waals surface area (Å²) in [6, 6.07) is 2.16. The third-order valence-electron chi connectivity index (χ3n) is 2.93. The van der Waals surface area contributed by atoms with Crippen LogP contribution in [0.1, 0.15) is 33.1 Å². The van der Waals surface area contributed by atoms with Crippen molar-refractivity contribution in [1.82, 2.24) is 4.90 Å². The van der Waals surface area contributed by atoms with Crippen molar-refractivity contribution >= 4 is 0 Å². The molecule has 0 saturated carbocycles. The van der Waals surface area contributed by atoms with Crippen LogP contribution in [0, 0.1) is 11.3 Å². The molecule has 5 nitrogen and oxygen atoms in total. The molecule has 0 aromatic rings. The van der Waals surface area contributed by atoms with Crippen LogP contribution < -0.4 is 0 Å². The van der Waals surface area contributed by atoms with E-state index in [1.54, 1.807) is 0 Å². The van der Waals surface area contributed by atoms with E-state index in [0.29, 0.717) is 39.5 Å². The fourth-order valence-corrected chi connectivity index (χ4v) is 1.62. The first kappa shape index (κ1) is 19.3. The molecule has 0 radical (unpaired) electrons. The Kier molecular flexibility index (Phi) is 15.8. The highest BCUT2D eigenvalue weighted by molar-refractivity contribution is 4.71. The third-order valence-corrected chi connectivity index (χ3v) is 2.93. The lowest BCUT2D eigenvalue weighted by Crippen LogP contribution is -2.28. The van der Waals surface area contributed by atoms with E-state index in [9.17, 15) is 0 Å². The van der Waals surface area contributed by atoms with Gasteiger partial charge >= 0.3 is 0 Å². The molecule has 0 aliphatic heterocycles. The van der Waals surface area contributed by atoms with E-state index in [1.807, 2.05) is 0 Å². The van der Waals surface area contributed by atoms with E-state index in [1.165, 1.54) is 0 Å². The molecule has 0 amide bonds. The van der Waals surface area contributed by atoms with Gasteiger partial charge in [-0.2, -0.15) is 5.26 Å². The first-order chi connectivity index (χ1) is 9.85. The van der Waals surface area contributed by atoms with E-state index in [2.05, 4.69) is 24.8 Å². The van der Waals surface area contributed by atoms with Gasteiger partial charge in [0, 0.05) is 26.1 Å². The molecule has 0 unspecified atom stereocenters. The average molecular weight is 286 g/mol. The van der Waals surface area contributed by atoms with Crippen molar-refractivity contribution in [3.8, 4) is 6.07 Å². The van der Waals surface area contributed by atoms with Crippen LogP contribution in [-0.4, -0.2) is 64.2 Å². The number of nitrogens with zero attached hydrogens (tertiary/aromatic N) is 2. The Bertz CT molecular complexity index is 232. The molecule has 0 aliphatic carbocycles. The van der Waals surface area contributed by atoms with Gasteiger partial charge in [-0.25, -0.2) is 0 Å². The quantitative estimate of drug-likeness (QED) is 0.431. The van der Waals surface area contributed by atoms with Gasteiger partial charge in [-0.05, 0) is 13.0 Å². The van der Waals surface area contributed by atoms with Gasteiger partial charge in [-0.1, -0.05) is 20.3 Å². The van der Waals surface area contributed by atoms with Crippen molar-refractivity contribution in [2.75, 3.05) is 59.3 Å². The largest absolute Gasteiger partial charge is 0.379 e. The van der Waals surface area contributed by atoms with Crippen LogP contribution in [0.3, 0.4) is 0 Å². The second kappa shape index (κ2) is 16.4. The zero-order chi connectivity index (χ0) is 14.9. The Morgan fingerprint density at radius 1 is 0.850 bits per heavy atom. The minimum absolute atomic E-state index is 0.578. The lowest BCUT2D eigenvalue weighted by atomic mass is 10.4. The summed E-state index contributed by atoms with van der Waals surface area (Å²) in [4.78, 5) is 2.21. The highest BCUT2D eigenvalue weighted by Gasteiger charge is 2.01. The maximum absolute atomic E-state index is 8.54. The first-order valence-electron chi connectivity index (χ1n) is 7.67. The molecule has 0 spiro atoms. The summed E-state index contributed by atoms with van der Waals surface area (Å²) >= 11 is 0. The second-order valence-electron chi connectivity index (χ2n) is 4.53. The van der Waals surface area contributed by atoms with Gasteiger partial charge in [-0.3, -0.25) is 0 Å². The molecule has 20 heavy (non-hydrogen) atoms.